The molecular formula is C22H26N4O2. The van der Waals surface area contributed by atoms with E-state index in [4.69, 9.17) is 0 Å². The van der Waals surface area contributed by atoms with Crippen LogP contribution in [0.15, 0.2) is 36.5 Å². The molecule has 6 heteroatoms. The second-order valence-corrected chi connectivity index (χ2v) is 8.11. The van der Waals surface area contributed by atoms with E-state index in [0.29, 0.717) is 18.7 Å². The predicted molar refractivity (Wildman–Crippen MR) is 107 cm³/mol. The molecule has 2 aliphatic rings. The van der Waals surface area contributed by atoms with Gasteiger partial charge in [-0.2, -0.15) is 0 Å². The van der Waals surface area contributed by atoms with Gasteiger partial charge in [0.15, 0.2) is 0 Å². The van der Waals surface area contributed by atoms with Crippen LogP contribution in [0.1, 0.15) is 53.8 Å². The Hall–Kier alpha value is -2.76. The van der Waals surface area contributed by atoms with Gasteiger partial charge in [0.05, 0.1) is 5.41 Å². The van der Waals surface area contributed by atoms with Crippen LogP contribution in [0.3, 0.4) is 0 Å². The van der Waals surface area contributed by atoms with Crippen LogP contribution in [0.5, 0.6) is 0 Å². The molecule has 1 aliphatic carbocycles. The minimum atomic E-state index is -0.386. The van der Waals surface area contributed by atoms with Crippen LogP contribution in [0.2, 0.25) is 0 Å². The molecule has 2 aromatic heterocycles. The Morgan fingerprint density at radius 2 is 2.07 bits per heavy atom. The van der Waals surface area contributed by atoms with E-state index in [-0.39, 0.29) is 23.3 Å². The molecule has 2 fully saturated rings. The van der Waals surface area contributed by atoms with Crippen molar-refractivity contribution in [3.63, 3.8) is 0 Å². The molecule has 0 radical (unpaired) electrons. The fourth-order valence-electron chi connectivity index (χ4n) is 4.49. The Morgan fingerprint density at radius 3 is 2.82 bits per heavy atom. The number of amides is 2. The Morgan fingerprint density at radius 1 is 1.21 bits per heavy atom. The minimum absolute atomic E-state index is 0.00145. The molecular weight excluding hydrogens is 352 g/mol. The van der Waals surface area contributed by atoms with Crippen molar-refractivity contribution in [3.05, 3.63) is 53.5 Å². The van der Waals surface area contributed by atoms with Gasteiger partial charge in [-0.15, -0.1) is 0 Å². The topological polar surface area (TPSA) is 75.2 Å². The third-order valence-electron chi connectivity index (χ3n) is 5.99. The first kappa shape index (κ1) is 18.6. The molecule has 2 atom stereocenters. The van der Waals surface area contributed by atoms with Crippen LogP contribution in [-0.2, 0) is 4.79 Å². The molecule has 0 aromatic carbocycles. The molecule has 2 amide bonds. The number of pyridine rings is 2. The molecule has 1 saturated heterocycles. The van der Waals surface area contributed by atoms with E-state index in [9.17, 15) is 9.59 Å². The zero-order chi connectivity index (χ0) is 19.7. The quantitative estimate of drug-likeness (QED) is 0.890. The molecule has 6 nitrogen and oxygen atoms in total. The minimum Gasteiger partial charge on any atom is -0.348 e. The number of hydrogen-bond acceptors (Lipinski definition) is 4. The number of carbonyl (C=O) groups is 2. The maximum atomic E-state index is 13.3. The van der Waals surface area contributed by atoms with Gasteiger partial charge in [-0.05, 0) is 63.3 Å². The summed E-state index contributed by atoms with van der Waals surface area (Å²) in [6, 6.07) is 9.34. The smallest absolute Gasteiger partial charge is 0.270 e. The van der Waals surface area contributed by atoms with E-state index < -0.39 is 0 Å². The summed E-state index contributed by atoms with van der Waals surface area (Å²) in [5.74, 6) is 0.715. The van der Waals surface area contributed by atoms with Crippen LogP contribution in [0, 0.1) is 19.3 Å². The summed E-state index contributed by atoms with van der Waals surface area (Å²) in [7, 11) is 0. The molecule has 1 spiro atoms. The monoisotopic (exact) mass is 378 g/mol. The van der Waals surface area contributed by atoms with Crippen molar-refractivity contribution in [1.82, 2.24) is 15.3 Å². The predicted octanol–water partition coefficient (Wildman–Crippen LogP) is 3.19. The van der Waals surface area contributed by atoms with Crippen molar-refractivity contribution in [2.45, 2.75) is 52.0 Å². The van der Waals surface area contributed by atoms with Gasteiger partial charge in [0.1, 0.15) is 11.5 Å². The number of aryl methyl sites for hydroxylation is 2. The van der Waals surface area contributed by atoms with E-state index in [0.717, 1.165) is 42.8 Å². The molecule has 3 heterocycles. The third-order valence-corrected chi connectivity index (χ3v) is 5.99. The van der Waals surface area contributed by atoms with Gasteiger partial charge in [0.2, 0.25) is 5.91 Å². The van der Waals surface area contributed by atoms with Crippen LogP contribution in [-0.4, -0.2) is 34.4 Å². The Bertz CT molecular complexity index is 896. The molecule has 2 aromatic rings. The fraction of sp³-hybridized carbons (Fsp3) is 0.455. The molecule has 0 unspecified atom stereocenters. The lowest BCUT2D eigenvalue weighted by Gasteiger charge is -2.36. The van der Waals surface area contributed by atoms with Crippen LogP contribution < -0.4 is 10.2 Å². The highest BCUT2D eigenvalue weighted by molar-refractivity contribution is 5.99. The SMILES string of the molecule is Cc1ccc(N2CC[C@]3(CCC[C@H](NC(=O)c4cccc(C)n4)C3)C2=O)nc1. The first-order valence-electron chi connectivity index (χ1n) is 9.96. The number of nitrogens with zero attached hydrogens (tertiary/aromatic N) is 3. The maximum Gasteiger partial charge on any atom is 0.270 e. The second kappa shape index (κ2) is 7.34. The van der Waals surface area contributed by atoms with Crippen molar-refractivity contribution in [2.75, 3.05) is 11.4 Å². The van der Waals surface area contributed by atoms with E-state index in [1.165, 1.54) is 0 Å². The molecule has 146 valence electrons. The average Bonchev–Trinajstić information content (AvgIpc) is 2.98. The first-order chi connectivity index (χ1) is 13.5. The first-order valence-corrected chi connectivity index (χ1v) is 9.96. The molecule has 0 bridgehead atoms. The van der Waals surface area contributed by atoms with Crippen LogP contribution >= 0.6 is 0 Å². The van der Waals surface area contributed by atoms with Gasteiger partial charge in [-0.25, -0.2) is 9.97 Å². The summed E-state index contributed by atoms with van der Waals surface area (Å²) in [6.07, 6.45) is 6.01. The Labute approximate surface area is 165 Å². The molecule has 28 heavy (non-hydrogen) atoms. The lowest BCUT2D eigenvalue weighted by molar-refractivity contribution is -0.127. The number of anilines is 1. The largest absolute Gasteiger partial charge is 0.348 e. The standard InChI is InChI=1S/C22H26N4O2/c1-15-8-9-19(23-14-15)26-12-11-22(21(26)28)10-4-6-17(13-22)25-20(27)18-7-3-5-16(2)24-18/h3,5,7-9,14,17H,4,6,10-13H2,1-2H3,(H,25,27)/t17-,22-/m0/s1. The van der Waals surface area contributed by atoms with Gasteiger partial charge in [-0.3, -0.25) is 14.5 Å². The van der Waals surface area contributed by atoms with E-state index in [2.05, 4.69) is 15.3 Å². The van der Waals surface area contributed by atoms with Crippen molar-refractivity contribution >= 4 is 17.6 Å². The van der Waals surface area contributed by atoms with Gasteiger partial charge in [0.25, 0.3) is 5.91 Å². The van der Waals surface area contributed by atoms with Crippen molar-refractivity contribution in [1.29, 1.82) is 0 Å². The van der Waals surface area contributed by atoms with E-state index in [1.807, 2.05) is 43.0 Å². The maximum absolute atomic E-state index is 13.3. The summed E-state index contributed by atoms with van der Waals surface area (Å²) in [4.78, 5) is 36.4. The van der Waals surface area contributed by atoms with Crippen LogP contribution in [0.4, 0.5) is 5.82 Å². The second-order valence-electron chi connectivity index (χ2n) is 8.11. The zero-order valence-corrected chi connectivity index (χ0v) is 16.4. The number of hydrogen-bond donors (Lipinski definition) is 1. The highest BCUT2D eigenvalue weighted by Gasteiger charge is 2.50. The lowest BCUT2D eigenvalue weighted by Crippen LogP contribution is -2.46. The van der Waals surface area contributed by atoms with Gasteiger partial charge in [-0.1, -0.05) is 18.6 Å². The lowest BCUT2D eigenvalue weighted by atomic mass is 9.71. The normalized spacial score (nSPS) is 24.6. The highest BCUT2D eigenvalue weighted by atomic mass is 16.2. The number of rotatable bonds is 3. The van der Waals surface area contributed by atoms with Gasteiger partial charge < -0.3 is 5.32 Å². The number of nitrogens with one attached hydrogen (secondary N) is 1. The average molecular weight is 378 g/mol. The van der Waals surface area contributed by atoms with E-state index in [1.54, 1.807) is 12.3 Å². The summed E-state index contributed by atoms with van der Waals surface area (Å²) < 4.78 is 0. The van der Waals surface area contributed by atoms with Crippen LogP contribution in [0.25, 0.3) is 0 Å². The zero-order valence-electron chi connectivity index (χ0n) is 16.4. The molecule has 1 aliphatic heterocycles. The molecule has 1 N–H and O–H groups in total. The number of aromatic nitrogens is 2. The van der Waals surface area contributed by atoms with Crippen molar-refractivity contribution in [2.24, 2.45) is 5.41 Å². The summed E-state index contributed by atoms with van der Waals surface area (Å²) in [5, 5.41) is 3.11. The van der Waals surface area contributed by atoms with Crippen molar-refractivity contribution in [3.8, 4) is 0 Å². The Kier molecular flexibility index (Phi) is 4.87. The summed E-state index contributed by atoms with van der Waals surface area (Å²) in [5.41, 5.74) is 1.95. The summed E-state index contributed by atoms with van der Waals surface area (Å²) >= 11 is 0. The highest BCUT2D eigenvalue weighted by Crippen LogP contribution is 2.45. The molecule has 4 rings (SSSR count). The summed E-state index contributed by atoms with van der Waals surface area (Å²) in [6.45, 7) is 4.55. The van der Waals surface area contributed by atoms with Crippen molar-refractivity contribution < 1.29 is 9.59 Å². The van der Waals surface area contributed by atoms with Gasteiger partial charge >= 0.3 is 0 Å². The third kappa shape index (κ3) is 3.51. The van der Waals surface area contributed by atoms with Gasteiger partial charge in [0, 0.05) is 24.5 Å². The fourth-order valence-corrected chi connectivity index (χ4v) is 4.49. The number of carbonyl (C=O) groups excluding carboxylic acids is 2. The molecule has 1 saturated carbocycles. The Balaban J connectivity index is 1.46. The van der Waals surface area contributed by atoms with E-state index >= 15 is 0 Å².